The number of amidine groups is 1. The molecule has 2 aromatic rings. The van der Waals surface area contributed by atoms with Crippen molar-refractivity contribution in [3.63, 3.8) is 0 Å². The van der Waals surface area contributed by atoms with Crippen molar-refractivity contribution in [2.45, 2.75) is 50.6 Å². The summed E-state index contributed by atoms with van der Waals surface area (Å²) in [4.78, 5) is 2.11. The van der Waals surface area contributed by atoms with E-state index in [0.717, 1.165) is 11.1 Å². The van der Waals surface area contributed by atoms with Gasteiger partial charge in [-0.15, -0.1) is 4.40 Å². The molecule has 0 saturated carbocycles. The first kappa shape index (κ1) is 23.4. The first-order valence-electron chi connectivity index (χ1n) is 10.2. The maximum atomic E-state index is 13.3. The Morgan fingerprint density at radius 2 is 1.35 bits per heavy atom. The summed E-state index contributed by atoms with van der Waals surface area (Å²) in [6.07, 6.45) is -0.525. The van der Waals surface area contributed by atoms with E-state index in [2.05, 4.69) is 4.40 Å². The number of hydrogen-bond acceptors (Lipinski definition) is 4. The van der Waals surface area contributed by atoms with E-state index in [4.69, 9.17) is 0 Å². The minimum absolute atomic E-state index is 0.0741. The van der Waals surface area contributed by atoms with Crippen molar-refractivity contribution in [2.24, 2.45) is 10.3 Å². The van der Waals surface area contributed by atoms with Crippen LogP contribution in [-0.4, -0.2) is 51.1 Å². The van der Waals surface area contributed by atoms with Gasteiger partial charge in [0, 0.05) is 13.1 Å². The molecular weight excluding hydrogens is 434 g/mol. The summed E-state index contributed by atoms with van der Waals surface area (Å²) < 4.78 is 57.6. The third kappa shape index (κ3) is 4.83. The second kappa shape index (κ2) is 8.72. The van der Waals surface area contributed by atoms with Gasteiger partial charge in [-0.2, -0.15) is 12.7 Å². The zero-order valence-electron chi connectivity index (χ0n) is 18.5. The normalized spacial score (nSPS) is 18.7. The second-order valence-corrected chi connectivity index (χ2v) is 11.7. The number of benzene rings is 2. The quantitative estimate of drug-likeness (QED) is 0.501. The van der Waals surface area contributed by atoms with Crippen molar-refractivity contribution in [3.8, 4) is 0 Å². The van der Waals surface area contributed by atoms with Crippen LogP contribution >= 0.6 is 0 Å². The molecule has 0 spiro atoms. The van der Waals surface area contributed by atoms with Gasteiger partial charge in [0.05, 0.1) is 16.0 Å². The van der Waals surface area contributed by atoms with E-state index in [1.165, 1.54) is 16.4 Å². The van der Waals surface area contributed by atoms with Crippen molar-refractivity contribution in [1.29, 1.82) is 0 Å². The molecule has 1 unspecified atom stereocenters. The van der Waals surface area contributed by atoms with Crippen LogP contribution in [0.1, 0.15) is 31.9 Å². The molecule has 3 rings (SSSR count). The summed E-state index contributed by atoms with van der Waals surface area (Å²) in [5, 5.41) is 0. The molecule has 9 heteroatoms. The highest BCUT2D eigenvalue weighted by Crippen LogP contribution is 2.29. The fourth-order valence-electron chi connectivity index (χ4n) is 3.77. The SMILES string of the molecule is C/C(=N\S(=O)(=O)c1ccc(C)cc1)N1CCN(S(=O)(=O)c2ccc(C)cc2)C1C(C)C. The lowest BCUT2D eigenvalue weighted by Gasteiger charge is -2.33. The molecule has 1 aliphatic heterocycles. The minimum Gasteiger partial charge on any atom is -0.341 e. The lowest BCUT2D eigenvalue weighted by atomic mass is 10.1. The Balaban J connectivity index is 1.94. The molecule has 1 saturated heterocycles. The Morgan fingerprint density at radius 3 is 1.84 bits per heavy atom. The highest BCUT2D eigenvalue weighted by atomic mass is 32.2. The average Bonchev–Trinajstić information content (AvgIpc) is 3.15. The predicted molar refractivity (Wildman–Crippen MR) is 122 cm³/mol. The molecule has 0 radical (unpaired) electrons. The van der Waals surface area contributed by atoms with Crippen LogP contribution < -0.4 is 0 Å². The van der Waals surface area contributed by atoms with Gasteiger partial charge in [-0.25, -0.2) is 8.42 Å². The molecule has 0 N–H and O–H groups in total. The number of aryl methyl sites for hydroxylation is 2. The Bertz CT molecular complexity index is 1170. The summed E-state index contributed by atoms with van der Waals surface area (Å²) in [5.41, 5.74) is 1.93. The number of nitrogens with zero attached hydrogens (tertiary/aromatic N) is 3. The Kier molecular flexibility index (Phi) is 6.59. The number of hydrogen-bond donors (Lipinski definition) is 0. The summed E-state index contributed by atoms with van der Waals surface area (Å²) in [6, 6.07) is 13.2. The van der Waals surface area contributed by atoms with Gasteiger partial charge >= 0.3 is 0 Å². The Morgan fingerprint density at radius 1 is 0.871 bits per heavy atom. The van der Waals surface area contributed by atoms with Crippen LogP contribution in [-0.2, 0) is 20.0 Å². The minimum atomic E-state index is -3.89. The third-order valence-electron chi connectivity index (χ3n) is 5.39. The summed E-state index contributed by atoms with van der Waals surface area (Å²) in [5.74, 6) is 0.204. The van der Waals surface area contributed by atoms with Crippen molar-refractivity contribution >= 4 is 25.9 Å². The van der Waals surface area contributed by atoms with Gasteiger partial charge < -0.3 is 4.90 Å². The topological polar surface area (TPSA) is 87.1 Å². The summed E-state index contributed by atoms with van der Waals surface area (Å²) >= 11 is 0. The molecule has 1 heterocycles. The third-order valence-corrected chi connectivity index (χ3v) is 8.64. The van der Waals surface area contributed by atoms with Crippen LogP contribution in [0.15, 0.2) is 62.7 Å². The average molecular weight is 464 g/mol. The van der Waals surface area contributed by atoms with Crippen molar-refractivity contribution < 1.29 is 16.8 Å². The summed E-state index contributed by atoms with van der Waals surface area (Å²) in [6.45, 7) is 9.86. The van der Waals surface area contributed by atoms with E-state index in [0.29, 0.717) is 6.54 Å². The fraction of sp³-hybridized carbons (Fsp3) is 0.409. The monoisotopic (exact) mass is 463 g/mol. The predicted octanol–water partition coefficient (Wildman–Crippen LogP) is 3.40. The molecule has 1 fully saturated rings. The highest BCUT2D eigenvalue weighted by Gasteiger charge is 2.42. The molecule has 1 atom stereocenters. The van der Waals surface area contributed by atoms with Crippen LogP contribution in [0.3, 0.4) is 0 Å². The van der Waals surface area contributed by atoms with Crippen LogP contribution in [0.5, 0.6) is 0 Å². The molecule has 1 aliphatic rings. The van der Waals surface area contributed by atoms with Crippen LogP contribution in [0.2, 0.25) is 0 Å². The molecule has 2 aromatic carbocycles. The Hall–Kier alpha value is -2.23. The molecular formula is C22H29N3O4S2. The zero-order chi connectivity index (χ0) is 23.0. The van der Waals surface area contributed by atoms with Gasteiger partial charge in [-0.1, -0.05) is 49.2 Å². The van der Waals surface area contributed by atoms with E-state index in [1.54, 1.807) is 48.2 Å². The fourth-order valence-corrected chi connectivity index (χ4v) is 6.52. The maximum Gasteiger partial charge on any atom is 0.283 e. The first-order valence-corrected chi connectivity index (χ1v) is 13.0. The molecule has 168 valence electrons. The molecule has 7 nitrogen and oxygen atoms in total. The van der Waals surface area contributed by atoms with E-state index in [-0.39, 0.29) is 28.1 Å². The van der Waals surface area contributed by atoms with E-state index >= 15 is 0 Å². The maximum absolute atomic E-state index is 13.3. The van der Waals surface area contributed by atoms with E-state index in [9.17, 15) is 16.8 Å². The first-order chi connectivity index (χ1) is 14.4. The Labute approximate surface area is 185 Å². The van der Waals surface area contributed by atoms with Crippen molar-refractivity contribution in [3.05, 3.63) is 59.7 Å². The van der Waals surface area contributed by atoms with Crippen LogP contribution in [0.4, 0.5) is 0 Å². The second-order valence-electron chi connectivity index (χ2n) is 8.21. The summed E-state index contributed by atoms with van der Waals surface area (Å²) in [7, 11) is -7.62. The van der Waals surface area contributed by atoms with E-state index < -0.39 is 26.2 Å². The van der Waals surface area contributed by atoms with E-state index in [1.807, 2.05) is 27.7 Å². The van der Waals surface area contributed by atoms with Crippen molar-refractivity contribution in [1.82, 2.24) is 9.21 Å². The largest absolute Gasteiger partial charge is 0.341 e. The molecule has 0 bridgehead atoms. The lowest BCUT2D eigenvalue weighted by molar-refractivity contribution is 0.211. The van der Waals surface area contributed by atoms with Gasteiger partial charge in [-0.3, -0.25) is 0 Å². The molecule has 31 heavy (non-hydrogen) atoms. The molecule has 0 aliphatic carbocycles. The van der Waals surface area contributed by atoms with Crippen LogP contribution in [0, 0.1) is 19.8 Å². The van der Waals surface area contributed by atoms with Crippen LogP contribution in [0.25, 0.3) is 0 Å². The van der Waals surface area contributed by atoms with Crippen molar-refractivity contribution in [2.75, 3.05) is 13.1 Å². The number of rotatable bonds is 5. The van der Waals surface area contributed by atoms with Gasteiger partial charge in [0.1, 0.15) is 5.84 Å². The number of sulfonamides is 2. The molecule has 0 aromatic heterocycles. The smallest absolute Gasteiger partial charge is 0.283 e. The van der Waals surface area contributed by atoms with Gasteiger partial charge in [0.25, 0.3) is 10.0 Å². The zero-order valence-corrected chi connectivity index (χ0v) is 20.1. The standard InChI is InChI=1S/C22H29N3O4S2/c1-16(2)22-24(19(5)23-30(26,27)20-10-6-17(3)7-11-20)14-15-25(22)31(28,29)21-12-8-18(4)9-13-21/h6-13,16,22H,14-15H2,1-5H3/b23-19+. The highest BCUT2D eigenvalue weighted by molar-refractivity contribution is 7.90. The molecule has 0 amide bonds. The van der Waals surface area contributed by atoms with Gasteiger partial charge in [0.2, 0.25) is 10.0 Å². The van der Waals surface area contributed by atoms with Gasteiger partial charge in [0.15, 0.2) is 0 Å². The van der Waals surface area contributed by atoms with Gasteiger partial charge in [-0.05, 0) is 51.0 Å². The lowest BCUT2D eigenvalue weighted by Crippen LogP contribution is -2.47.